The molecule has 0 amide bonds. The highest BCUT2D eigenvalue weighted by atomic mass is 35.5. The summed E-state index contributed by atoms with van der Waals surface area (Å²) in [5, 5.41) is 19.3. The molecular weight excluding hydrogens is 370 g/mol. The third kappa shape index (κ3) is 3.85. The molecule has 1 saturated carbocycles. The van der Waals surface area contributed by atoms with Gasteiger partial charge in [-0.1, -0.05) is 17.7 Å². The van der Waals surface area contributed by atoms with Gasteiger partial charge < -0.3 is 10.2 Å². The van der Waals surface area contributed by atoms with Crippen LogP contribution in [0.15, 0.2) is 34.5 Å². The molecule has 3 rings (SSSR count). The van der Waals surface area contributed by atoms with E-state index in [-0.39, 0.29) is 27.7 Å². The van der Waals surface area contributed by atoms with Gasteiger partial charge in [0.1, 0.15) is 15.7 Å². The zero-order valence-electron chi connectivity index (χ0n) is 12.8. The van der Waals surface area contributed by atoms with Gasteiger partial charge >= 0.3 is 0 Å². The van der Waals surface area contributed by atoms with Gasteiger partial charge in [-0.05, 0) is 55.4 Å². The van der Waals surface area contributed by atoms with Crippen LogP contribution in [0.25, 0.3) is 0 Å². The van der Waals surface area contributed by atoms with Gasteiger partial charge in [0.15, 0.2) is 0 Å². The van der Waals surface area contributed by atoms with Crippen molar-refractivity contribution in [3.63, 3.8) is 0 Å². The summed E-state index contributed by atoms with van der Waals surface area (Å²) in [5.41, 5.74) is 0.805. The number of sulfonamides is 1. The Kier molecular flexibility index (Phi) is 5.05. The second kappa shape index (κ2) is 6.92. The van der Waals surface area contributed by atoms with E-state index in [0.29, 0.717) is 17.2 Å². The first kappa shape index (κ1) is 17.5. The molecule has 1 aromatic heterocycles. The maximum Gasteiger partial charge on any atom is 0.250 e. The largest absolute Gasteiger partial charge is 0.508 e. The van der Waals surface area contributed by atoms with Crippen molar-refractivity contribution in [2.45, 2.75) is 41.9 Å². The number of thiophene rings is 1. The molecule has 0 unspecified atom stereocenters. The highest BCUT2D eigenvalue weighted by Gasteiger charge is 2.28. The molecule has 2 aromatic rings. The molecule has 8 heteroatoms. The molecule has 1 aliphatic carbocycles. The molecule has 0 saturated heterocycles. The fourth-order valence-electron chi connectivity index (χ4n) is 3.12. The minimum atomic E-state index is -3.53. The van der Waals surface area contributed by atoms with E-state index in [1.807, 2.05) is 0 Å². The van der Waals surface area contributed by atoms with Crippen molar-refractivity contribution in [2.24, 2.45) is 0 Å². The SMILES string of the molecule is O=S(=O)(N[C@H]1CC[C@@H](c2ccc(O)cc2O)CC1)c1ccc(Cl)s1. The second-order valence-electron chi connectivity index (χ2n) is 5.97. The van der Waals surface area contributed by atoms with Crippen molar-refractivity contribution in [3.05, 3.63) is 40.2 Å². The second-order valence-corrected chi connectivity index (χ2v) is 9.63. The Morgan fingerprint density at radius 3 is 2.38 bits per heavy atom. The van der Waals surface area contributed by atoms with Crippen molar-refractivity contribution >= 4 is 33.0 Å². The first-order valence-corrected chi connectivity index (χ1v) is 10.3. The topological polar surface area (TPSA) is 86.6 Å². The van der Waals surface area contributed by atoms with E-state index < -0.39 is 10.0 Å². The third-order valence-corrected chi connectivity index (χ3v) is 7.56. The van der Waals surface area contributed by atoms with Gasteiger partial charge in [0.25, 0.3) is 0 Å². The molecule has 0 bridgehead atoms. The molecular formula is C16H18ClNO4S2. The van der Waals surface area contributed by atoms with Crippen LogP contribution in [-0.4, -0.2) is 24.7 Å². The van der Waals surface area contributed by atoms with Gasteiger partial charge in [-0.3, -0.25) is 0 Å². The van der Waals surface area contributed by atoms with Crippen molar-refractivity contribution in [1.82, 2.24) is 4.72 Å². The summed E-state index contributed by atoms with van der Waals surface area (Å²) in [5.74, 6) is 0.294. The molecule has 1 heterocycles. The summed E-state index contributed by atoms with van der Waals surface area (Å²) in [6.45, 7) is 0. The summed E-state index contributed by atoms with van der Waals surface area (Å²) in [7, 11) is -3.53. The predicted molar refractivity (Wildman–Crippen MR) is 94.4 cm³/mol. The quantitative estimate of drug-likeness (QED) is 0.744. The normalized spacial score (nSPS) is 21.7. The average Bonchev–Trinajstić information content (AvgIpc) is 2.96. The van der Waals surface area contributed by atoms with Crippen LogP contribution >= 0.6 is 22.9 Å². The monoisotopic (exact) mass is 387 g/mol. The highest BCUT2D eigenvalue weighted by Crippen LogP contribution is 2.38. The van der Waals surface area contributed by atoms with Gasteiger partial charge in [0.2, 0.25) is 10.0 Å². The molecule has 24 heavy (non-hydrogen) atoms. The van der Waals surface area contributed by atoms with Crippen LogP contribution in [0.3, 0.4) is 0 Å². The van der Waals surface area contributed by atoms with Crippen molar-refractivity contribution in [1.29, 1.82) is 0 Å². The number of aromatic hydroxyl groups is 2. The minimum Gasteiger partial charge on any atom is -0.508 e. The average molecular weight is 388 g/mol. The van der Waals surface area contributed by atoms with Crippen LogP contribution in [0.2, 0.25) is 4.34 Å². The summed E-state index contributed by atoms with van der Waals surface area (Å²) in [6, 6.07) is 7.59. The van der Waals surface area contributed by atoms with Crippen LogP contribution in [-0.2, 0) is 10.0 Å². The Morgan fingerprint density at radius 2 is 1.79 bits per heavy atom. The van der Waals surface area contributed by atoms with Gasteiger partial charge in [-0.2, -0.15) is 0 Å². The van der Waals surface area contributed by atoms with Crippen LogP contribution in [0, 0.1) is 0 Å². The lowest BCUT2D eigenvalue weighted by atomic mass is 9.81. The summed E-state index contributed by atoms with van der Waals surface area (Å²) in [4.78, 5) is 0. The summed E-state index contributed by atoms with van der Waals surface area (Å²) in [6.07, 6.45) is 2.94. The lowest BCUT2D eigenvalue weighted by Gasteiger charge is -2.29. The Hall–Kier alpha value is -1.28. The fourth-order valence-corrected chi connectivity index (χ4v) is 5.92. The zero-order valence-corrected chi connectivity index (χ0v) is 15.2. The maximum absolute atomic E-state index is 12.3. The molecule has 1 aliphatic rings. The fraction of sp³-hybridized carbons (Fsp3) is 0.375. The van der Waals surface area contributed by atoms with E-state index in [9.17, 15) is 18.6 Å². The molecule has 0 radical (unpaired) electrons. The van der Waals surface area contributed by atoms with E-state index in [1.165, 1.54) is 12.1 Å². The van der Waals surface area contributed by atoms with E-state index in [2.05, 4.69) is 4.72 Å². The zero-order chi connectivity index (χ0) is 17.3. The predicted octanol–water partition coefficient (Wildman–Crippen LogP) is 3.82. The number of halogens is 1. The number of nitrogens with one attached hydrogen (secondary N) is 1. The Morgan fingerprint density at radius 1 is 1.08 bits per heavy atom. The van der Waals surface area contributed by atoms with E-state index >= 15 is 0 Å². The van der Waals surface area contributed by atoms with Crippen LogP contribution in [0.4, 0.5) is 0 Å². The number of phenols is 2. The first-order valence-electron chi connectivity index (χ1n) is 7.65. The maximum atomic E-state index is 12.3. The van der Waals surface area contributed by atoms with Crippen LogP contribution in [0.5, 0.6) is 11.5 Å². The van der Waals surface area contributed by atoms with Gasteiger partial charge in [-0.15, -0.1) is 11.3 Å². The standard InChI is InChI=1S/C16H18ClNO4S2/c17-15-7-8-16(23-15)24(21,22)18-11-3-1-10(2-4-11)13-6-5-12(19)9-14(13)20/h5-11,18-20H,1-4H2/t10-,11+. The molecule has 130 valence electrons. The van der Waals surface area contributed by atoms with Crippen molar-refractivity contribution in [3.8, 4) is 11.5 Å². The lowest BCUT2D eigenvalue weighted by Crippen LogP contribution is -2.37. The van der Waals surface area contributed by atoms with Gasteiger partial charge in [-0.25, -0.2) is 13.1 Å². The van der Waals surface area contributed by atoms with Crippen molar-refractivity contribution < 1.29 is 18.6 Å². The number of hydrogen-bond donors (Lipinski definition) is 3. The third-order valence-electron chi connectivity index (χ3n) is 4.32. The Balaban J connectivity index is 1.63. The number of hydrogen-bond acceptors (Lipinski definition) is 5. The van der Waals surface area contributed by atoms with E-state index in [1.54, 1.807) is 18.2 Å². The Bertz CT molecular complexity index is 826. The van der Waals surface area contributed by atoms with Gasteiger partial charge in [0.05, 0.1) is 4.34 Å². The minimum absolute atomic E-state index is 0.0345. The number of benzene rings is 1. The Labute approximate surface area is 150 Å². The van der Waals surface area contributed by atoms with Gasteiger partial charge in [0, 0.05) is 12.1 Å². The molecule has 1 fully saturated rings. The lowest BCUT2D eigenvalue weighted by molar-refractivity contribution is 0.363. The molecule has 0 spiro atoms. The van der Waals surface area contributed by atoms with E-state index in [0.717, 1.165) is 29.7 Å². The molecule has 3 N–H and O–H groups in total. The van der Waals surface area contributed by atoms with Crippen molar-refractivity contribution in [2.75, 3.05) is 0 Å². The molecule has 0 atom stereocenters. The highest BCUT2D eigenvalue weighted by molar-refractivity contribution is 7.91. The van der Waals surface area contributed by atoms with Crippen LogP contribution in [0.1, 0.15) is 37.2 Å². The number of phenolic OH excluding ortho intramolecular Hbond substituents is 2. The van der Waals surface area contributed by atoms with Crippen LogP contribution < -0.4 is 4.72 Å². The molecule has 1 aromatic carbocycles. The summed E-state index contributed by atoms with van der Waals surface area (Å²) >= 11 is 6.85. The molecule has 0 aliphatic heterocycles. The molecule has 5 nitrogen and oxygen atoms in total. The first-order chi connectivity index (χ1) is 11.3. The smallest absolute Gasteiger partial charge is 0.250 e. The number of rotatable bonds is 4. The van der Waals surface area contributed by atoms with E-state index in [4.69, 9.17) is 11.6 Å². The summed E-state index contributed by atoms with van der Waals surface area (Å²) < 4.78 is 28.1.